The first-order chi connectivity index (χ1) is 12.0. The van der Waals surface area contributed by atoms with E-state index in [1.165, 1.54) is 25.1 Å². The second kappa shape index (κ2) is 7.46. The number of rotatable bonds is 5. The molecule has 0 radical (unpaired) electrons. The molecule has 9 heteroatoms. The third kappa shape index (κ3) is 5.06. The first kappa shape index (κ1) is 19.9. The Balaban J connectivity index is 2.09. The van der Waals surface area contributed by atoms with Crippen LogP contribution in [0.5, 0.6) is 0 Å². The van der Waals surface area contributed by atoms with Gasteiger partial charge in [-0.3, -0.25) is 4.79 Å². The van der Waals surface area contributed by atoms with E-state index in [9.17, 15) is 26.4 Å². The normalized spacial score (nSPS) is 13.3. The maximum absolute atomic E-state index is 12.7. The average molecular weight is 386 g/mol. The zero-order chi connectivity index (χ0) is 19.5. The predicted octanol–water partition coefficient (Wildman–Crippen LogP) is 3.32. The lowest BCUT2D eigenvalue weighted by molar-refractivity contribution is -0.137. The van der Waals surface area contributed by atoms with Gasteiger partial charge in [0.25, 0.3) is 0 Å². The minimum Gasteiger partial charge on any atom is -0.325 e. The fourth-order valence-electron chi connectivity index (χ4n) is 2.10. The van der Waals surface area contributed by atoms with Gasteiger partial charge in [0, 0.05) is 5.69 Å². The monoisotopic (exact) mass is 386 g/mol. The molecular formula is C17H17F3N2O3S. The average Bonchev–Trinajstić information content (AvgIpc) is 2.54. The molecule has 0 aromatic heterocycles. The van der Waals surface area contributed by atoms with Crippen molar-refractivity contribution in [1.29, 1.82) is 0 Å². The predicted molar refractivity (Wildman–Crippen MR) is 91.0 cm³/mol. The second-order valence-corrected chi connectivity index (χ2v) is 7.44. The van der Waals surface area contributed by atoms with Gasteiger partial charge in [0.15, 0.2) is 0 Å². The summed E-state index contributed by atoms with van der Waals surface area (Å²) in [7, 11) is -3.94. The number of sulfonamides is 1. The van der Waals surface area contributed by atoms with Gasteiger partial charge in [-0.25, -0.2) is 8.42 Å². The van der Waals surface area contributed by atoms with Gasteiger partial charge in [0.05, 0.1) is 16.5 Å². The molecule has 5 nitrogen and oxygen atoms in total. The van der Waals surface area contributed by atoms with Crippen LogP contribution in [0.2, 0.25) is 0 Å². The Labute approximate surface area is 149 Å². The zero-order valence-electron chi connectivity index (χ0n) is 14.0. The summed E-state index contributed by atoms with van der Waals surface area (Å²) in [5.41, 5.74) is -0.117. The van der Waals surface area contributed by atoms with E-state index in [-0.39, 0.29) is 10.6 Å². The first-order valence-corrected chi connectivity index (χ1v) is 9.04. The summed E-state index contributed by atoms with van der Waals surface area (Å²) in [4.78, 5) is 12.1. The van der Waals surface area contributed by atoms with Crippen LogP contribution in [0.25, 0.3) is 0 Å². The third-order valence-corrected chi connectivity index (χ3v) is 5.07. The minimum absolute atomic E-state index is 0.0122. The lowest BCUT2D eigenvalue weighted by Gasteiger charge is -2.15. The molecule has 0 heterocycles. The number of halogens is 3. The topological polar surface area (TPSA) is 75.3 Å². The molecular weight excluding hydrogens is 369 g/mol. The Morgan fingerprint density at radius 1 is 1.08 bits per heavy atom. The van der Waals surface area contributed by atoms with E-state index in [1.54, 1.807) is 19.1 Å². The van der Waals surface area contributed by atoms with E-state index >= 15 is 0 Å². The van der Waals surface area contributed by atoms with Crippen LogP contribution < -0.4 is 10.0 Å². The van der Waals surface area contributed by atoms with Crippen molar-refractivity contribution in [3.8, 4) is 0 Å². The summed E-state index contributed by atoms with van der Waals surface area (Å²) in [6.07, 6.45) is -4.54. The molecule has 2 rings (SSSR count). The van der Waals surface area contributed by atoms with Crippen LogP contribution in [0.15, 0.2) is 53.4 Å². The molecule has 2 aromatic carbocycles. The maximum atomic E-state index is 12.7. The van der Waals surface area contributed by atoms with Crippen LogP contribution in [0.3, 0.4) is 0 Å². The number of alkyl halides is 3. The first-order valence-electron chi connectivity index (χ1n) is 7.56. The molecule has 0 aliphatic carbocycles. The highest BCUT2D eigenvalue weighted by molar-refractivity contribution is 7.89. The van der Waals surface area contributed by atoms with Crippen molar-refractivity contribution in [3.05, 3.63) is 59.7 Å². The molecule has 0 fully saturated rings. The van der Waals surface area contributed by atoms with Crippen molar-refractivity contribution in [1.82, 2.24) is 4.72 Å². The van der Waals surface area contributed by atoms with E-state index in [1.807, 2.05) is 0 Å². The summed E-state index contributed by atoms with van der Waals surface area (Å²) in [6.45, 7) is 3.10. The fraction of sp³-hybridized carbons (Fsp3) is 0.235. The molecule has 0 aliphatic heterocycles. The van der Waals surface area contributed by atoms with E-state index in [2.05, 4.69) is 10.0 Å². The van der Waals surface area contributed by atoms with Crippen LogP contribution in [0, 0.1) is 6.92 Å². The molecule has 0 saturated heterocycles. The van der Waals surface area contributed by atoms with Gasteiger partial charge in [-0.05, 0) is 44.2 Å². The van der Waals surface area contributed by atoms with Gasteiger partial charge >= 0.3 is 6.18 Å². The smallest absolute Gasteiger partial charge is 0.325 e. The Bertz CT molecular complexity index is 894. The molecule has 140 valence electrons. The van der Waals surface area contributed by atoms with Crippen LogP contribution in [-0.4, -0.2) is 20.4 Å². The summed E-state index contributed by atoms with van der Waals surface area (Å²) in [6, 6.07) is 8.93. The van der Waals surface area contributed by atoms with Crippen LogP contribution in [0.4, 0.5) is 18.9 Å². The lowest BCUT2D eigenvalue weighted by atomic mass is 10.2. The minimum atomic E-state index is -4.54. The summed E-state index contributed by atoms with van der Waals surface area (Å²) in [5.74, 6) is -0.778. The van der Waals surface area contributed by atoms with E-state index in [0.29, 0.717) is 0 Å². The summed E-state index contributed by atoms with van der Waals surface area (Å²) < 4.78 is 64.8. The zero-order valence-corrected chi connectivity index (χ0v) is 14.8. The number of hydrogen-bond acceptors (Lipinski definition) is 3. The molecule has 2 aromatic rings. The fourth-order valence-corrected chi connectivity index (χ4v) is 3.30. The van der Waals surface area contributed by atoms with Crippen molar-refractivity contribution >= 4 is 21.6 Å². The number of nitrogens with one attached hydrogen (secondary N) is 2. The second-order valence-electron chi connectivity index (χ2n) is 5.72. The highest BCUT2D eigenvalue weighted by Crippen LogP contribution is 2.30. The maximum Gasteiger partial charge on any atom is 0.416 e. The Kier molecular flexibility index (Phi) is 5.72. The number of anilines is 1. The molecule has 26 heavy (non-hydrogen) atoms. The van der Waals surface area contributed by atoms with E-state index < -0.39 is 33.7 Å². The molecule has 1 amide bonds. The Morgan fingerprint density at radius 3 is 2.27 bits per heavy atom. The molecule has 2 N–H and O–H groups in total. The summed E-state index contributed by atoms with van der Waals surface area (Å²) >= 11 is 0. The van der Waals surface area contributed by atoms with Gasteiger partial charge in [-0.2, -0.15) is 17.9 Å². The Morgan fingerprint density at radius 2 is 1.69 bits per heavy atom. The number of carbonyl (C=O) groups excluding carboxylic acids is 1. The van der Waals surface area contributed by atoms with E-state index in [0.717, 1.165) is 23.8 Å². The number of carbonyl (C=O) groups is 1. The van der Waals surface area contributed by atoms with Crippen molar-refractivity contribution in [2.75, 3.05) is 5.32 Å². The molecule has 0 saturated carbocycles. The van der Waals surface area contributed by atoms with Crippen molar-refractivity contribution in [2.45, 2.75) is 31.0 Å². The van der Waals surface area contributed by atoms with Gasteiger partial charge in [-0.15, -0.1) is 0 Å². The van der Waals surface area contributed by atoms with Gasteiger partial charge in [0.2, 0.25) is 15.9 Å². The molecule has 0 unspecified atom stereocenters. The molecule has 1 atom stereocenters. The Hall–Kier alpha value is -2.39. The number of aryl methyl sites for hydroxylation is 1. The van der Waals surface area contributed by atoms with Crippen molar-refractivity contribution in [2.24, 2.45) is 0 Å². The van der Waals surface area contributed by atoms with Crippen molar-refractivity contribution < 1.29 is 26.4 Å². The molecule has 0 bridgehead atoms. The quantitative estimate of drug-likeness (QED) is 0.828. The molecule has 0 aliphatic rings. The largest absolute Gasteiger partial charge is 0.416 e. The van der Waals surface area contributed by atoms with Gasteiger partial charge in [0.1, 0.15) is 0 Å². The highest BCUT2D eigenvalue weighted by Gasteiger charge is 2.30. The number of benzene rings is 2. The summed E-state index contributed by atoms with van der Waals surface area (Å²) in [5, 5.41) is 2.27. The van der Waals surface area contributed by atoms with Gasteiger partial charge in [-0.1, -0.05) is 23.8 Å². The SMILES string of the molecule is Cc1ccc(S(=O)(=O)N[C@@H](C)C(=O)Nc2cccc(C(F)(F)F)c2)cc1. The molecule has 0 spiro atoms. The highest BCUT2D eigenvalue weighted by atomic mass is 32.2. The standard InChI is InChI=1S/C17H17F3N2O3S/c1-11-6-8-15(9-7-11)26(24,25)22-12(2)16(23)21-14-5-3-4-13(10-14)17(18,19)20/h3-10,12,22H,1-2H3,(H,21,23)/t12-/m0/s1. The van der Waals surface area contributed by atoms with Crippen LogP contribution >= 0.6 is 0 Å². The van der Waals surface area contributed by atoms with Crippen LogP contribution in [-0.2, 0) is 21.0 Å². The van der Waals surface area contributed by atoms with Crippen molar-refractivity contribution in [3.63, 3.8) is 0 Å². The number of amides is 1. The third-order valence-electron chi connectivity index (χ3n) is 3.51. The van der Waals surface area contributed by atoms with E-state index in [4.69, 9.17) is 0 Å². The van der Waals surface area contributed by atoms with Crippen LogP contribution in [0.1, 0.15) is 18.1 Å². The number of hydrogen-bond donors (Lipinski definition) is 2. The van der Waals surface area contributed by atoms with Gasteiger partial charge < -0.3 is 5.32 Å². The lowest BCUT2D eigenvalue weighted by Crippen LogP contribution is -2.41.